The van der Waals surface area contributed by atoms with Crippen molar-refractivity contribution in [3.05, 3.63) is 83.6 Å². The number of carbonyl (C=O) groups excluding carboxylic acids is 2. The van der Waals surface area contributed by atoms with Gasteiger partial charge in [-0.05, 0) is 41.8 Å². The minimum atomic E-state index is -0.678. The number of anilines is 1. The lowest BCUT2D eigenvalue weighted by atomic mass is 9.74. The first-order chi connectivity index (χ1) is 14.6. The van der Waals surface area contributed by atoms with E-state index in [0.717, 1.165) is 11.1 Å². The Hall–Kier alpha value is -3.38. The van der Waals surface area contributed by atoms with E-state index in [0.29, 0.717) is 36.8 Å². The Balaban J connectivity index is 1.68. The molecule has 0 fully saturated rings. The molecule has 0 bridgehead atoms. The molecule has 1 unspecified atom stereocenters. The van der Waals surface area contributed by atoms with Crippen LogP contribution in [0.3, 0.4) is 0 Å². The molecule has 0 saturated carbocycles. The van der Waals surface area contributed by atoms with Gasteiger partial charge in [-0.3, -0.25) is 4.79 Å². The van der Waals surface area contributed by atoms with E-state index in [-0.39, 0.29) is 5.78 Å². The summed E-state index contributed by atoms with van der Waals surface area (Å²) >= 11 is 0. The second-order valence-corrected chi connectivity index (χ2v) is 7.21. The zero-order valence-electron chi connectivity index (χ0n) is 17.0. The molecular formula is C24H23NO5. The van der Waals surface area contributed by atoms with Crippen LogP contribution < -0.4 is 9.64 Å². The first-order valence-corrected chi connectivity index (χ1v) is 9.73. The monoisotopic (exact) mass is 405 g/mol. The predicted octanol–water partition coefficient (Wildman–Crippen LogP) is 4.15. The highest BCUT2D eigenvalue weighted by Gasteiger charge is 2.49. The van der Waals surface area contributed by atoms with Crippen LogP contribution in [0.4, 0.5) is 10.5 Å². The van der Waals surface area contributed by atoms with Crippen LogP contribution in [-0.2, 0) is 26.3 Å². The summed E-state index contributed by atoms with van der Waals surface area (Å²) in [7, 11) is 2.93. The summed E-state index contributed by atoms with van der Waals surface area (Å²) in [4.78, 5) is 26.3. The van der Waals surface area contributed by atoms with Crippen molar-refractivity contribution in [2.24, 2.45) is 0 Å². The predicted molar refractivity (Wildman–Crippen MR) is 113 cm³/mol. The molecule has 0 radical (unpaired) electrons. The summed E-state index contributed by atoms with van der Waals surface area (Å²) in [5, 5.41) is 0. The van der Waals surface area contributed by atoms with Crippen LogP contribution in [0.15, 0.2) is 72.5 Å². The highest BCUT2D eigenvalue weighted by atomic mass is 16.5. The molecule has 1 aliphatic carbocycles. The SMILES string of the molecule is COC(=O)N1C2=CC(=O)C=CC2(CCOCc2ccccc2)c2cc(OC)ccc21. The molecule has 0 spiro atoms. The fraction of sp³-hybridized carbons (Fsp3) is 0.250. The summed E-state index contributed by atoms with van der Waals surface area (Å²) in [5.41, 5.74) is 2.54. The Morgan fingerprint density at radius 3 is 2.63 bits per heavy atom. The summed E-state index contributed by atoms with van der Waals surface area (Å²) in [6.07, 6.45) is 4.93. The minimum Gasteiger partial charge on any atom is -0.497 e. The van der Waals surface area contributed by atoms with Gasteiger partial charge in [0.1, 0.15) is 5.75 Å². The molecule has 1 aliphatic heterocycles. The van der Waals surface area contributed by atoms with Gasteiger partial charge in [-0.25, -0.2) is 9.69 Å². The van der Waals surface area contributed by atoms with Crippen LogP contribution in [0, 0.1) is 0 Å². The van der Waals surface area contributed by atoms with Crippen LogP contribution in [0.25, 0.3) is 0 Å². The Kier molecular flexibility index (Phi) is 5.42. The average Bonchev–Trinajstić information content (AvgIpc) is 3.06. The third-order valence-electron chi connectivity index (χ3n) is 5.54. The van der Waals surface area contributed by atoms with Crippen LogP contribution in [0.2, 0.25) is 0 Å². The van der Waals surface area contributed by atoms with E-state index >= 15 is 0 Å². The molecule has 30 heavy (non-hydrogen) atoms. The van der Waals surface area contributed by atoms with Gasteiger partial charge in [-0.2, -0.15) is 0 Å². The number of amides is 1. The molecule has 1 amide bonds. The van der Waals surface area contributed by atoms with Crippen molar-refractivity contribution in [3.8, 4) is 5.75 Å². The molecule has 6 heteroatoms. The molecule has 1 heterocycles. The van der Waals surface area contributed by atoms with E-state index in [1.54, 1.807) is 19.3 Å². The average molecular weight is 405 g/mol. The Morgan fingerprint density at radius 2 is 1.90 bits per heavy atom. The van der Waals surface area contributed by atoms with Crippen LogP contribution in [-0.4, -0.2) is 32.7 Å². The molecule has 0 saturated heterocycles. The maximum absolute atomic E-state index is 12.6. The van der Waals surface area contributed by atoms with E-state index in [9.17, 15) is 9.59 Å². The Morgan fingerprint density at radius 1 is 1.10 bits per heavy atom. The lowest BCUT2D eigenvalue weighted by Gasteiger charge is -2.31. The van der Waals surface area contributed by atoms with E-state index in [1.165, 1.54) is 18.1 Å². The highest BCUT2D eigenvalue weighted by molar-refractivity contribution is 6.07. The Labute approximate surface area is 175 Å². The van der Waals surface area contributed by atoms with Gasteiger partial charge in [0.25, 0.3) is 0 Å². The van der Waals surface area contributed by atoms with Crippen molar-refractivity contribution >= 4 is 17.6 Å². The maximum atomic E-state index is 12.6. The van der Waals surface area contributed by atoms with Gasteiger partial charge in [-0.15, -0.1) is 0 Å². The number of nitrogens with zero attached hydrogens (tertiary/aromatic N) is 1. The molecule has 154 valence electrons. The first kappa shape index (κ1) is 19.9. The number of benzene rings is 2. The summed E-state index contributed by atoms with van der Waals surface area (Å²) in [6, 6.07) is 15.4. The highest BCUT2D eigenvalue weighted by Crippen LogP contribution is 2.53. The number of hydrogen-bond acceptors (Lipinski definition) is 5. The van der Waals surface area contributed by atoms with Gasteiger partial charge in [0.15, 0.2) is 5.78 Å². The smallest absolute Gasteiger partial charge is 0.418 e. The van der Waals surface area contributed by atoms with Crippen molar-refractivity contribution in [2.75, 3.05) is 25.7 Å². The van der Waals surface area contributed by atoms with E-state index < -0.39 is 11.5 Å². The molecule has 2 aromatic rings. The lowest BCUT2D eigenvalue weighted by Crippen LogP contribution is -2.36. The number of fused-ring (bicyclic) bond motifs is 3. The fourth-order valence-electron chi connectivity index (χ4n) is 4.07. The quantitative estimate of drug-likeness (QED) is 0.676. The number of rotatable bonds is 6. The molecule has 2 aliphatic rings. The number of hydrogen-bond donors (Lipinski definition) is 0. The van der Waals surface area contributed by atoms with Crippen molar-refractivity contribution in [3.63, 3.8) is 0 Å². The van der Waals surface area contributed by atoms with Crippen molar-refractivity contribution < 1.29 is 23.8 Å². The summed E-state index contributed by atoms with van der Waals surface area (Å²) < 4.78 is 16.4. The van der Waals surface area contributed by atoms with Crippen LogP contribution in [0.5, 0.6) is 5.75 Å². The standard InChI is InChI=1S/C24H23NO5/c1-28-19-8-9-21-20(15-19)24(12-13-30-16-17-6-4-3-5-7-17)11-10-18(26)14-22(24)25(21)23(27)29-2/h3-11,14-15H,12-13,16H2,1-2H3. The topological polar surface area (TPSA) is 65.1 Å². The largest absolute Gasteiger partial charge is 0.497 e. The van der Waals surface area contributed by atoms with E-state index in [1.807, 2.05) is 48.5 Å². The van der Waals surface area contributed by atoms with Crippen molar-refractivity contribution in [2.45, 2.75) is 18.4 Å². The van der Waals surface area contributed by atoms with Gasteiger partial charge >= 0.3 is 6.09 Å². The van der Waals surface area contributed by atoms with Gasteiger partial charge in [-0.1, -0.05) is 36.4 Å². The lowest BCUT2D eigenvalue weighted by molar-refractivity contribution is -0.110. The molecule has 6 nitrogen and oxygen atoms in total. The molecule has 0 N–H and O–H groups in total. The van der Waals surface area contributed by atoms with Crippen LogP contribution in [0.1, 0.15) is 17.5 Å². The van der Waals surface area contributed by atoms with Crippen LogP contribution >= 0.6 is 0 Å². The minimum absolute atomic E-state index is 0.167. The van der Waals surface area contributed by atoms with Crippen molar-refractivity contribution in [1.29, 1.82) is 0 Å². The Bertz CT molecular complexity index is 1030. The maximum Gasteiger partial charge on any atom is 0.418 e. The normalized spacial score (nSPS) is 19.2. The van der Waals surface area contributed by atoms with Crippen molar-refractivity contribution in [1.82, 2.24) is 0 Å². The van der Waals surface area contributed by atoms with Gasteiger partial charge in [0, 0.05) is 18.4 Å². The third kappa shape index (κ3) is 3.39. The number of allylic oxidation sites excluding steroid dienone is 3. The number of carbonyl (C=O) groups is 2. The molecule has 1 atom stereocenters. The molecular weight excluding hydrogens is 382 g/mol. The second kappa shape index (κ2) is 8.16. The third-order valence-corrected chi connectivity index (χ3v) is 5.54. The van der Waals surface area contributed by atoms with Gasteiger partial charge < -0.3 is 14.2 Å². The molecule has 4 rings (SSSR count). The van der Waals surface area contributed by atoms with E-state index in [2.05, 4.69) is 0 Å². The number of ketones is 1. The zero-order chi connectivity index (χ0) is 21.1. The van der Waals surface area contributed by atoms with Gasteiger partial charge in [0.05, 0.1) is 31.9 Å². The number of methoxy groups -OCH3 is 2. The molecule has 0 aromatic heterocycles. The summed E-state index contributed by atoms with van der Waals surface area (Å²) in [6.45, 7) is 0.931. The van der Waals surface area contributed by atoms with Gasteiger partial charge in [0.2, 0.25) is 0 Å². The summed E-state index contributed by atoms with van der Waals surface area (Å²) in [5.74, 6) is 0.509. The zero-order valence-corrected chi connectivity index (χ0v) is 17.0. The fourth-order valence-corrected chi connectivity index (χ4v) is 4.07. The van der Waals surface area contributed by atoms with E-state index in [4.69, 9.17) is 14.2 Å². The molecule has 2 aromatic carbocycles. The number of ether oxygens (including phenoxy) is 3. The first-order valence-electron chi connectivity index (χ1n) is 9.73. The second-order valence-electron chi connectivity index (χ2n) is 7.21.